The Morgan fingerprint density at radius 1 is 0.871 bits per heavy atom. The van der Waals surface area contributed by atoms with E-state index in [1.807, 2.05) is 0 Å². The molecule has 0 saturated carbocycles. The van der Waals surface area contributed by atoms with Gasteiger partial charge in [0.05, 0.1) is 18.9 Å². The number of hydrogen-bond acceptors (Lipinski definition) is 7. The highest BCUT2D eigenvalue weighted by Crippen LogP contribution is 2.07. The SMILES string of the molecule is CC(C)C(NC(=O)C(CC(=O)O)NC(=O)C(CC(=O)O)NC(=O)C1CCCN1)C(=O)O. The van der Waals surface area contributed by atoms with Crippen LogP contribution >= 0.6 is 0 Å². The van der Waals surface area contributed by atoms with Crippen LogP contribution in [0.4, 0.5) is 0 Å². The maximum Gasteiger partial charge on any atom is 0.326 e. The molecule has 13 heteroatoms. The van der Waals surface area contributed by atoms with Gasteiger partial charge in [-0.2, -0.15) is 0 Å². The largest absolute Gasteiger partial charge is 0.481 e. The molecule has 4 atom stereocenters. The van der Waals surface area contributed by atoms with Crippen LogP contribution in [-0.2, 0) is 28.8 Å². The third-order valence-corrected chi connectivity index (χ3v) is 4.63. The van der Waals surface area contributed by atoms with E-state index < -0.39 is 78.6 Å². The molecule has 1 aliphatic heterocycles. The predicted molar refractivity (Wildman–Crippen MR) is 104 cm³/mol. The third-order valence-electron chi connectivity index (χ3n) is 4.63. The van der Waals surface area contributed by atoms with Crippen LogP contribution in [0.3, 0.4) is 0 Å². The van der Waals surface area contributed by atoms with Gasteiger partial charge in [0.15, 0.2) is 0 Å². The van der Waals surface area contributed by atoms with Gasteiger partial charge in [0.25, 0.3) is 0 Å². The molecule has 0 aromatic heterocycles. The van der Waals surface area contributed by atoms with E-state index in [0.717, 1.165) is 6.42 Å². The van der Waals surface area contributed by atoms with Gasteiger partial charge in [-0.3, -0.25) is 24.0 Å². The molecule has 7 N–H and O–H groups in total. The van der Waals surface area contributed by atoms with Crippen molar-refractivity contribution in [3.05, 3.63) is 0 Å². The number of hydrogen-bond donors (Lipinski definition) is 7. The minimum Gasteiger partial charge on any atom is -0.481 e. The number of carbonyl (C=O) groups excluding carboxylic acids is 3. The second-order valence-corrected chi connectivity index (χ2v) is 7.54. The normalized spacial score (nSPS) is 18.5. The van der Waals surface area contributed by atoms with Gasteiger partial charge in [-0.05, 0) is 25.3 Å². The summed E-state index contributed by atoms with van der Waals surface area (Å²) in [7, 11) is 0. The van der Waals surface area contributed by atoms with Gasteiger partial charge in [0.1, 0.15) is 18.1 Å². The molecule has 1 rings (SSSR count). The zero-order chi connectivity index (χ0) is 23.7. The molecule has 4 unspecified atom stereocenters. The van der Waals surface area contributed by atoms with Gasteiger partial charge in [0, 0.05) is 0 Å². The van der Waals surface area contributed by atoms with E-state index in [2.05, 4.69) is 21.3 Å². The predicted octanol–water partition coefficient (Wildman–Crippen LogP) is -2.12. The molecule has 1 aliphatic rings. The lowest BCUT2D eigenvalue weighted by Crippen LogP contribution is -2.58. The Bertz CT molecular complexity index is 719. The summed E-state index contributed by atoms with van der Waals surface area (Å²) in [5, 5.41) is 36.8. The van der Waals surface area contributed by atoms with Gasteiger partial charge in [0.2, 0.25) is 17.7 Å². The Morgan fingerprint density at radius 3 is 1.81 bits per heavy atom. The molecule has 3 amide bonds. The van der Waals surface area contributed by atoms with Gasteiger partial charge in [-0.15, -0.1) is 0 Å². The summed E-state index contributed by atoms with van der Waals surface area (Å²) >= 11 is 0. The fourth-order valence-electron chi connectivity index (χ4n) is 2.99. The van der Waals surface area contributed by atoms with E-state index in [1.54, 1.807) is 0 Å². The summed E-state index contributed by atoms with van der Waals surface area (Å²) < 4.78 is 0. The van der Waals surface area contributed by atoms with Crippen LogP contribution in [0.1, 0.15) is 39.5 Å². The average Bonchev–Trinajstić information content (AvgIpc) is 3.18. The topological polar surface area (TPSA) is 211 Å². The summed E-state index contributed by atoms with van der Waals surface area (Å²) in [6, 6.07) is -5.16. The lowest BCUT2D eigenvalue weighted by molar-refractivity contribution is -0.145. The molecular weight excluding hydrogens is 416 g/mol. The first-order valence-corrected chi connectivity index (χ1v) is 9.73. The molecule has 1 heterocycles. The molecule has 174 valence electrons. The molecule has 1 saturated heterocycles. The molecule has 0 bridgehead atoms. The number of carbonyl (C=O) groups is 6. The number of carboxylic acid groups (broad SMARTS) is 3. The van der Waals surface area contributed by atoms with Gasteiger partial charge < -0.3 is 36.6 Å². The van der Waals surface area contributed by atoms with E-state index in [1.165, 1.54) is 13.8 Å². The van der Waals surface area contributed by atoms with Crippen molar-refractivity contribution in [2.45, 2.75) is 63.7 Å². The van der Waals surface area contributed by atoms with Crippen molar-refractivity contribution in [3.8, 4) is 0 Å². The first-order valence-electron chi connectivity index (χ1n) is 9.73. The minimum absolute atomic E-state index is 0.503. The maximum absolute atomic E-state index is 12.6. The Hall–Kier alpha value is -3.22. The second-order valence-electron chi connectivity index (χ2n) is 7.54. The number of nitrogens with one attached hydrogen (secondary N) is 4. The van der Waals surface area contributed by atoms with Crippen molar-refractivity contribution in [2.24, 2.45) is 5.92 Å². The number of carboxylic acids is 3. The van der Waals surface area contributed by atoms with Crippen LogP contribution in [-0.4, -0.2) is 81.7 Å². The fraction of sp³-hybridized carbons (Fsp3) is 0.667. The van der Waals surface area contributed by atoms with E-state index in [4.69, 9.17) is 10.2 Å². The van der Waals surface area contributed by atoms with E-state index in [9.17, 15) is 33.9 Å². The van der Waals surface area contributed by atoms with E-state index in [-0.39, 0.29) is 0 Å². The van der Waals surface area contributed by atoms with Gasteiger partial charge in [-0.1, -0.05) is 13.8 Å². The lowest BCUT2D eigenvalue weighted by Gasteiger charge is -2.24. The highest BCUT2D eigenvalue weighted by molar-refractivity contribution is 5.96. The van der Waals surface area contributed by atoms with E-state index in [0.29, 0.717) is 13.0 Å². The maximum atomic E-state index is 12.6. The van der Waals surface area contributed by atoms with Crippen LogP contribution in [0.2, 0.25) is 0 Å². The summed E-state index contributed by atoms with van der Waals surface area (Å²) in [6.45, 7) is 3.65. The van der Waals surface area contributed by atoms with Crippen molar-refractivity contribution in [3.63, 3.8) is 0 Å². The number of amides is 3. The lowest BCUT2D eigenvalue weighted by atomic mass is 10.0. The Morgan fingerprint density at radius 2 is 1.39 bits per heavy atom. The Labute approximate surface area is 177 Å². The molecule has 0 aromatic carbocycles. The van der Waals surface area contributed by atoms with Crippen LogP contribution < -0.4 is 21.3 Å². The zero-order valence-electron chi connectivity index (χ0n) is 17.2. The van der Waals surface area contributed by atoms with Crippen molar-refractivity contribution in [1.82, 2.24) is 21.3 Å². The second kappa shape index (κ2) is 11.8. The van der Waals surface area contributed by atoms with Crippen molar-refractivity contribution in [2.75, 3.05) is 6.54 Å². The molecule has 0 aromatic rings. The standard InChI is InChI=1S/C18H28N4O9/c1-8(2)14(18(30)31)22-17(29)11(7-13(25)26)21-16(28)10(6-12(23)24)20-15(27)9-4-3-5-19-9/h8-11,14,19H,3-7H2,1-2H3,(H,20,27)(H,21,28)(H,22,29)(H,23,24)(H,25,26)(H,30,31). The summed E-state index contributed by atoms with van der Waals surface area (Å²) in [6.07, 6.45) is -0.437. The fourth-order valence-corrected chi connectivity index (χ4v) is 2.99. The monoisotopic (exact) mass is 444 g/mol. The summed E-state index contributed by atoms with van der Waals surface area (Å²) in [4.78, 5) is 70.8. The molecule has 1 fully saturated rings. The highest BCUT2D eigenvalue weighted by Gasteiger charge is 2.34. The van der Waals surface area contributed by atoms with Crippen molar-refractivity contribution < 1.29 is 44.1 Å². The molecular formula is C18H28N4O9. The highest BCUT2D eigenvalue weighted by atomic mass is 16.4. The van der Waals surface area contributed by atoms with E-state index >= 15 is 0 Å². The molecule has 0 aliphatic carbocycles. The van der Waals surface area contributed by atoms with Crippen molar-refractivity contribution >= 4 is 35.6 Å². The van der Waals surface area contributed by atoms with Crippen molar-refractivity contribution in [1.29, 1.82) is 0 Å². The smallest absolute Gasteiger partial charge is 0.326 e. The first kappa shape index (κ1) is 25.8. The van der Waals surface area contributed by atoms with Crippen LogP contribution in [0.25, 0.3) is 0 Å². The number of rotatable bonds is 12. The summed E-state index contributed by atoms with van der Waals surface area (Å²) in [5.41, 5.74) is 0. The Balaban J connectivity index is 2.94. The first-order chi connectivity index (χ1) is 14.4. The summed E-state index contributed by atoms with van der Waals surface area (Å²) in [5.74, 6) is -7.45. The minimum atomic E-state index is -1.68. The van der Waals surface area contributed by atoms with Gasteiger partial charge in [-0.25, -0.2) is 4.79 Å². The van der Waals surface area contributed by atoms with Crippen LogP contribution in [0, 0.1) is 5.92 Å². The third kappa shape index (κ3) is 8.58. The number of aliphatic carboxylic acids is 3. The Kier molecular flexibility index (Phi) is 9.86. The molecule has 13 nitrogen and oxygen atoms in total. The molecule has 0 spiro atoms. The molecule has 31 heavy (non-hydrogen) atoms. The quantitative estimate of drug-likeness (QED) is 0.174. The van der Waals surface area contributed by atoms with Crippen LogP contribution in [0.15, 0.2) is 0 Å². The zero-order valence-corrected chi connectivity index (χ0v) is 17.2. The molecule has 0 radical (unpaired) electrons. The average molecular weight is 444 g/mol. The van der Waals surface area contributed by atoms with Gasteiger partial charge >= 0.3 is 17.9 Å². The van der Waals surface area contributed by atoms with Crippen LogP contribution in [0.5, 0.6) is 0 Å².